The molecule has 0 spiro atoms. The summed E-state index contributed by atoms with van der Waals surface area (Å²) < 4.78 is 53.9. The van der Waals surface area contributed by atoms with Gasteiger partial charge in [0.05, 0.1) is 16.3 Å². The van der Waals surface area contributed by atoms with Crippen LogP contribution in [0, 0.1) is 13.8 Å². The van der Waals surface area contributed by atoms with Crippen molar-refractivity contribution in [3.8, 4) is 0 Å². The Bertz CT molecular complexity index is 1050. The predicted molar refractivity (Wildman–Crippen MR) is 107 cm³/mol. The standard InChI is InChI=1S/C19H24N2O4S2/c1-15-7-3-4-8-17(15)14-20-27(24,25)19-10-9-18(13-16(19)2)21-11-5-6-12-26(21,22)23/h3-4,7-10,13,20H,5-6,11-12,14H2,1-2H3. The van der Waals surface area contributed by atoms with Gasteiger partial charge in [-0.15, -0.1) is 0 Å². The topological polar surface area (TPSA) is 83.6 Å². The Labute approximate surface area is 161 Å². The van der Waals surface area contributed by atoms with Crippen LogP contribution in [0.15, 0.2) is 47.4 Å². The molecule has 1 heterocycles. The monoisotopic (exact) mass is 408 g/mol. The molecule has 1 N–H and O–H groups in total. The van der Waals surface area contributed by atoms with Gasteiger partial charge in [-0.1, -0.05) is 24.3 Å². The zero-order chi connectivity index (χ0) is 19.7. The number of nitrogens with zero attached hydrogens (tertiary/aromatic N) is 1. The summed E-state index contributed by atoms with van der Waals surface area (Å²) in [6, 6.07) is 12.3. The maximum Gasteiger partial charge on any atom is 0.241 e. The van der Waals surface area contributed by atoms with Crippen LogP contribution in [0.1, 0.15) is 29.5 Å². The van der Waals surface area contributed by atoms with Crippen molar-refractivity contribution >= 4 is 25.7 Å². The molecule has 8 heteroatoms. The molecule has 0 unspecified atom stereocenters. The van der Waals surface area contributed by atoms with Crippen LogP contribution in [-0.2, 0) is 26.6 Å². The van der Waals surface area contributed by atoms with Crippen molar-refractivity contribution in [3.63, 3.8) is 0 Å². The van der Waals surface area contributed by atoms with Gasteiger partial charge in [0.2, 0.25) is 20.0 Å². The lowest BCUT2D eigenvalue weighted by atomic mass is 10.1. The number of sulfonamides is 2. The summed E-state index contributed by atoms with van der Waals surface area (Å²) in [5.41, 5.74) is 2.97. The molecule has 0 radical (unpaired) electrons. The lowest BCUT2D eigenvalue weighted by Gasteiger charge is -2.28. The van der Waals surface area contributed by atoms with Crippen molar-refractivity contribution < 1.29 is 16.8 Å². The fraction of sp³-hybridized carbons (Fsp3) is 0.368. The zero-order valence-corrected chi connectivity index (χ0v) is 17.1. The average Bonchev–Trinajstić information content (AvgIpc) is 2.60. The highest BCUT2D eigenvalue weighted by Crippen LogP contribution is 2.27. The summed E-state index contributed by atoms with van der Waals surface area (Å²) in [5, 5.41) is 0. The molecule has 146 valence electrons. The van der Waals surface area contributed by atoms with Crippen LogP contribution in [0.4, 0.5) is 5.69 Å². The van der Waals surface area contributed by atoms with E-state index in [1.54, 1.807) is 19.1 Å². The van der Waals surface area contributed by atoms with Gasteiger partial charge >= 0.3 is 0 Å². The summed E-state index contributed by atoms with van der Waals surface area (Å²) >= 11 is 0. The van der Waals surface area contributed by atoms with Crippen molar-refractivity contribution in [2.75, 3.05) is 16.6 Å². The zero-order valence-electron chi connectivity index (χ0n) is 15.5. The van der Waals surface area contributed by atoms with E-state index in [9.17, 15) is 16.8 Å². The number of anilines is 1. The van der Waals surface area contributed by atoms with Crippen LogP contribution < -0.4 is 9.03 Å². The Kier molecular flexibility index (Phi) is 5.60. The summed E-state index contributed by atoms with van der Waals surface area (Å²) in [6.45, 7) is 4.25. The summed E-state index contributed by atoms with van der Waals surface area (Å²) in [4.78, 5) is 0.161. The molecular weight excluding hydrogens is 384 g/mol. The Morgan fingerprint density at radius 1 is 1.04 bits per heavy atom. The Hall–Kier alpha value is -1.90. The largest absolute Gasteiger partial charge is 0.270 e. The molecule has 0 aliphatic carbocycles. The first-order valence-electron chi connectivity index (χ1n) is 8.86. The fourth-order valence-corrected chi connectivity index (χ4v) is 6.09. The first-order chi connectivity index (χ1) is 12.7. The van der Waals surface area contributed by atoms with Gasteiger partial charge in [-0.2, -0.15) is 0 Å². The van der Waals surface area contributed by atoms with E-state index in [4.69, 9.17) is 0 Å². The molecule has 2 aromatic carbocycles. The van der Waals surface area contributed by atoms with Gasteiger partial charge in [-0.3, -0.25) is 4.31 Å². The smallest absolute Gasteiger partial charge is 0.241 e. The molecular formula is C19H24N2O4S2. The second-order valence-corrected chi connectivity index (χ2v) is 10.5. The van der Waals surface area contributed by atoms with E-state index in [-0.39, 0.29) is 17.2 Å². The molecule has 27 heavy (non-hydrogen) atoms. The van der Waals surface area contributed by atoms with Crippen molar-refractivity contribution in [1.29, 1.82) is 0 Å². The van der Waals surface area contributed by atoms with Gasteiger partial charge in [-0.05, 0) is 61.6 Å². The maximum atomic E-state index is 12.7. The molecule has 0 saturated carbocycles. The normalized spacial score (nSPS) is 17.0. The van der Waals surface area contributed by atoms with Gasteiger partial charge in [0.25, 0.3) is 0 Å². The molecule has 0 amide bonds. The molecule has 1 aliphatic rings. The van der Waals surface area contributed by atoms with E-state index in [0.717, 1.165) is 17.5 Å². The van der Waals surface area contributed by atoms with Crippen LogP contribution in [-0.4, -0.2) is 29.1 Å². The van der Waals surface area contributed by atoms with Crippen LogP contribution in [0.3, 0.4) is 0 Å². The van der Waals surface area contributed by atoms with E-state index in [0.29, 0.717) is 24.2 Å². The lowest BCUT2D eigenvalue weighted by Crippen LogP contribution is -2.37. The number of hydrogen-bond donors (Lipinski definition) is 1. The number of nitrogens with one attached hydrogen (secondary N) is 1. The van der Waals surface area contributed by atoms with E-state index < -0.39 is 20.0 Å². The second-order valence-electron chi connectivity index (χ2n) is 6.80. The van der Waals surface area contributed by atoms with E-state index in [2.05, 4.69) is 4.72 Å². The molecule has 1 saturated heterocycles. The van der Waals surface area contributed by atoms with Crippen molar-refractivity contribution in [2.24, 2.45) is 0 Å². The highest BCUT2D eigenvalue weighted by Gasteiger charge is 2.27. The molecule has 1 fully saturated rings. The Balaban J connectivity index is 1.83. The predicted octanol–water partition coefficient (Wildman–Crippen LogP) is 2.71. The highest BCUT2D eigenvalue weighted by atomic mass is 32.2. The molecule has 3 rings (SSSR count). The lowest BCUT2D eigenvalue weighted by molar-refractivity contribution is 0.574. The van der Waals surface area contributed by atoms with Gasteiger partial charge in [-0.25, -0.2) is 21.6 Å². The minimum absolute atomic E-state index is 0.129. The van der Waals surface area contributed by atoms with Crippen molar-refractivity contribution in [1.82, 2.24) is 4.72 Å². The van der Waals surface area contributed by atoms with Crippen LogP contribution in [0.5, 0.6) is 0 Å². The molecule has 6 nitrogen and oxygen atoms in total. The Morgan fingerprint density at radius 2 is 1.78 bits per heavy atom. The van der Waals surface area contributed by atoms with Crippen molar-refractivity contribution in [3.05, 3.63) is 59.2 Å². The molecule has 0 bridgehead atoms. The Morgan fingerprint density at radius 3 is 2.44 bits per heavy atom. The summed E-state index contributed by atoms with van der Waals surface area (Å²) in [7, 11) is -7.02. The average molecular weight is 409 g/mol. The minimum atomic E-state index is -3.70. The number of hydrogen-bond acceptors (Lipinski definition) is 4. The number of rotatable bonds is 5. The first kappa shape index (κ1) is 19.9. The van der Waals surface area contributed by atoms with Crippen LogP contribution in [0.25, 0.3) is 0 Å². The summed E-state index contributed by atoms with van der Waals surface area (Å²) in [6.07, 6.45) is 1.46. The van der Waals surface area contributed by atoms with Crippen LogP contribution in [0.2, 0.25) is 0 Å². The van der Waals surface area contributed by atoms with E-state index in [1.165, 1.54) is 10.4 Å². The SMILES string of the molecule is Cc1ccccc1CNS(=O)(=O)c1ccc(N2CCCCS2(=O)=O)cc1C. The third-order valence-corrected chi connectivity index (χ3v) is 8.23. The van der Waals surface area contributed by atoms with Gasteiger partial charge in [0.15, 0.2) is 0 Å². The van der Waals surface area contributed by atoms with Crippen LogP contribution >= 0.6 is 0 Å². The van der Waals surface area contributed by atoms with E-state index >= 15 is 0 Å². The van der Waals surface area contributed by atoms with Gasteiger partial charge in [0, 0.05) is 13.1 Å². The fourth-order valence-electron chi connectivity index (χ4n) is 3.23. The number of aryl methyl sites for hydroxylation is 2. The van der Waals surface area contributed by atoms with Gasteiger partial charge < -0.3 is 0 Å². The van der Waals surface area contributed by atoms with Crippen molar-refractivity contribution in [2.45, 2.75) is 38.1 Å². The molecule has 0 aromatic heterocycles. The second kappa shape index (κ2) is 7.61. The highest BCUT2D eigenvalue weighted by molar-refractivity contribution is 7.92. The third-order valence-electron chi connectivity index (χ3n) is 4.80. The molecule has 2 aromatic rings. The van der Waals surface area contributed by atoms with Gasteiger partial charge in [0.1, 0.15) is 0 Å². The molecule has 1 aliphatic heterocycles. The summed E-state index contributed by atoms with van der Waals surface area (Å²) in [5.74, 6) is 0.129. The quantitative estimate of drug-likeness (QED) is 0.825. The third kappa shape index (κ3) is 4.34. The number of benzene rings is 2. The first-order valence-corrected chi connectivity index (χ1v) is 12.0. The minimum Gasteiger partial charge on any atom is -0.270 e. The van der Waals surface area contributed by atoms with E-state index in [1.807, 2.05) is 31.2 Å². The molecule has 0 atom stereocenters. The maximum absolute atomic E-state index is 12.7.